The number of aryl methyl sites for hydroxylation is 1. The number of benzene rings is 2. The smallest absolute Gasteiger partial charge is 0.238 e. The van der Waals surface area contributed by atoms with Gasteiger partial charge in [0.2, 0.25) is 5.91 Å². The van der Waals surface area contributed by atoms with Crippen molar-refractivity contribution in [3.63, 3.8) is 0 Å². The van der Waals surface area contributed by atoms with Crippen LogP contribution in [0.1, 0.15) is 0 Å². The Balaban J connectivity index is 1.36. The van der Waals surface area contributed by atoms with Crippen molar-refractivity contribution in [1.82, 2.24) is 14.0 Å². The van der Waals surface area contributed by atoms with Gasteiger partial charge in [-0.25, -0.2) is 0 Å². The summed E-state index contributed by atoms with van der Waals surface area (Å²) in [6, 6.07) is 16.1. The monoisotopic (exact) mass is 425 g/mol. The zero-order valence-corrected chi connectivity index (χ0v) is 18.2. The molecule has 1 saturated heterocycles. The Morgan fingerprint density at radius 3 is 2.47 bits per heavy atom. The average molecular weight is 426 g/mol. The van der Waals surface area contributed by atoms with Gasteiger partial charge in [0.15, 0.2) is 4.77 Å². The molecule has 4 rings (SSSR count). The van der Waals surface area contributed by atoms with E-state index in [0.717, 1.165) is 53.5 Å². The molecule has 0 radical (unpaired) electrons. The molecule has 1 aliphatic rings. The second-order valence-electron chi connectivity index (χ2n) is 7.61. The lowest BCUT2D eigenvalue weighted by atomic mass is 10.2. The molecule has 0 atom stereocenters. The Hall–Kier alpha value is -2.68. The summed E-state index contributed by atoms with van der Waals surface area (Å²) in [4.78, 5) is 16.8. The van der Waals surface area contributed by atoms with Crippen LogP contribution in [0, 0.1) is 4.77 Å². The second-order valence-corrected chi connectivity index (χ2v) is 7.97. The fourth-order valence-corrected chi connectivity index (χ4v) is 4.07. The number of likely N-dealkylation sites (N-methyl/N-ethyl adjacent to an activating group) is 1. The molecule has 2 heterocycles. The first-order chi connectivity index (χ1) is 14.5. The van der Waals surface area contributed by atoms with Gasteiger partial charge in [0.25, 0.3) is 0 Å². The molecule has 158 valence electrons. The van der Waals surface area contributed by atoms with Crippen LogP contribution in [0.25, 0.3) is 11.0 Å². The zero-order valence-electron chi connectivity index (χ0n) is 17.4. The highest BCUT2D eigenvalue weighted by Gasteiger charge is 2.13. The maximum absolute atomic E-state index is 12.5. The molecule has 0 spiro atoms. The van der Waals surface area contributed by atoms with E-state index < -0.39 is 0 Å². The first-order valence-electron chi connectivity index (χ1n) is 10.1. The van der Waals surface area contributed by atoms with Gasteiger partial charge in [-0.15, -0.1) is 0 Å². The fraction of sp³-hybridized carbons (Fsp3) is 0.364. The van der Waals surface area contributed by atoms with E-state index in [0.29, 0.717) is 6.67 Å². The molecular formula is C22H27N5O2S. The second kappa shape index (κ2) is 8.99. The molecule has 1 aromatic heterocycles. The number of hydrogen-bond acceptors (Lipinski definition) is 5. The summed E-state index contributed by atoms with van der Waals surface area (Å²) in [7, 11) is 3.89. The first kappa shape index (κ1) is 20.6. The van der Waals surface area contributed by atoms with Crippen molar-refractivity contribution in [2.24, 2.45) is 7.05 Å². The third-order valence-corrected chi connectivity index (χ3v) is 5.87. The number of hydrogen-bond donors (Lipinski definition) is 1. The summed E-state index contributed by atoms with van der Waals surface area (Å²) in [6.07, 6.45) is 0. The minimum atomic E-state index is -0.0524. The Morgan fingerprint density at radius 2 is 1.77 bits per heavy atom. The van der Waals surface area contributed by atoms with Crippen LogP contribution in [0.4, 0.5) is 11.4 Å². The van der Waals surface area contributed by atoms with Crippen molar-refractivity contribution in [3.05, 3.63) is 53.3 Å². The van der Waals surface area contributed by atoms with Crippen LogP contribution in [0.5, 0.6) is 0 Å². The summed E-state index contributed by atoms with van der Waals surface area (Å²) >= 11 is 5.58. The molecule has 0 bridgehead atoms. The van der Waals surface area contributed by atoms with Crippen molar-refractivity contribution < 1.29 is 9.53 Å². The fourth-order valence-electron chi connectivity index (χ4n) is 3.81. The molecule has 1 amide bonds. The Morgan fingerprint density at radius 1 is 1.10 bits per heavy atom. The summed E-state index contributed by atoms with van der Waals surface area (Å²) in [5.41, 5.74) is 4.10. The van der Waals surface area contributed by atoms with Crippen LogP contribution in [0.3, 0.4) is 0 Å². The van der Waals surface area contributed by atoms with E-state index in [4.69, 9.17) is 17.0 Å². The Kier molecular flexibility index (Phi) is 6.17. The van der Waals surface area contributed by atoms with E-state index >= 15 is 0 Å². The number of nitrogens with zero attached hydrogens (tertiary/aromatic N) is 4. The molecule has 3 aromatic rings. The van der Waals surface area contributed by atoms with Gasteiger partial charge in [0.05, 0.1) is 37.5 Å². The summed E-state index contributed by atoms with van der Waals surface area (Å²) in [6.45, 7) is 4.12. The molecule has 1 aliphatic heterocycles. The van der Waals surface area contributed by atoms with Crippen molar-refractivity contribution in [3.8, 4) is 0 Å². The van der Waals surface area contributed by atoms with Gasteiger partial charge in [-0.2, -0.15) is 0 Å². The number of amides is 1. The summed E-state index contributed by atoms with van der Waals surface area (Å²) < 4.78 is 10.2. The van der Waals surface area contributed by atoms with E-state index in [1.165, 1.54) is 0 Å². The van der Waals surface area contributed by atoms with Gasteiger partial charge in [-0.05, 0) is 55.7 Å². The molecule has 2 aromatic carbocycles. The molecular weight excluding hydrogens is 398 g/mol. The van der Waals surface area contributed by atoms with Crippen molar-refractivity contribution in [2.75, 3.05) is 50.1 Å². The van der Waals surface area contributed by atoms with Gasteiger partial charge in [0.1, 0.15) is 0 Å². The molecule has 0 unspecified atom stereocenters. The standard InChI is InChI=1S/C22H27N5O2S/c1-24(16-27-20-6-4-3-5-19(20)25(2)22(27)30)15-21(28)23-17-7-9-18(10-8-17)26-11-13-29-14-12-26/h3-10H,11-16H2,1-2H3,(H,23,28). The third kappa shape index (κ3) is 4.40. The number of ether oxygens (including phenoxy) is 1. The maximum Gasteiger partial charge on any atom is 0.238 e. The molecule has 1 N–H and O–H groups in total. The normalized spacial score (nSPS) is 14.4. The van der Waals surface area contributed by atoms with Gasteiger partial charge < -0.3 is 24.1 Å². The van der Waals surface area contributed by atoms with E-state index in [1.807, 2.05) is 60.0 Å². The molecule has 1 fully saturated rings. The van der Waals surface area contributed by atoms with Crippen LogP contribution in [0.15, 0.2) is 48.5 Å². The molecule has 30 heavy (non-hydrogen) atoms. The average Bonchev–Trinajstić information content (AvgIpc) is 3.00. The zero-order chi connectivity index (χ0) is 21.1. The number of nitrogens with one attached hydrogen (secondary N) is 1. The molecule has 7 nitrogen and oxygen atoms in total. The molecule has 8 heteroatoms. The van der Waals surface area contributed by atoms with Gasteiger partial charge in [-0.3, -0.25) is 9.69 Å². The Bertz CT molecular complexity index is 1080. The number of fused-ring (bicyclic) bond motifs is 1. The number of imidazole rings is 1. The van der Waals surface area contributed by atoms with E-state index in [9.17, 15) is 4.79 Å². The predicted octanol–water partition coefficient (Wildman–Crippen LogP) is 3.07. The number of para-hydroxylation sites is 2. The van der Waals surface area contributed by atoms with Crippen LogP contribution < -0.4 is 10.2 Å². The number of carbonyl (C=O) groups is 1. The minimum absolute atomic E-state index is 0.0524. The quantitative estimate of drug-likeness (QED) is 0.615. The van der Waals surface area contributed by atoms with Gasteiger partial charge >= 0.3 is 0 Å². The minimum Gasteiger partial charge on any atom is -0.378 e. The van der Waals surface area contributed by atoms with Gasteiger partial charge in [-0.1, -0.05) is 12.1 Å². The number of carbonyl (C=O) groups excluding carboxylic acids is 1. The lowest BCUT2D eigenvalue weighted by Gasteiger charge is -2.28. The Labute approximate surface area is 181 Å². The van der Waals surface area contributed by atoms with Crippen LogP contribution in [-0.2, 0) is 23.2 Å². The van der Waals surface area contributed by atoms with Crippen LogP contribution in [-0.4, -0.2) is 59.8 Å². The number of morpholine rings is 1. The van der Waals surface area contributed by atoms with Crippen molar-refractivity contribution >= 4 is 40.5 Å². The van der Waals surface area contributed by atoms with E-state index in [2.05, 4.69) is 26.9 Å². The number of rotatable bonds is 6. The summed E-state index contributed by atoms with van der Waals surface area (Å²) in [5.74, 6) is -0.0524. The lowest BCUT2D eigenvalue weighted by Crippen LogP contribution is -2.36. The third-order valence-electron chi connectivity index (χ3n) is 5.38. The molecule has 0 aliphatic carbocycles. The van der Waals surface area contributed by atoms with Crippen LogP contribution in [0.2, 0.25) is 0 Å². The van der Waals surface area contributed by atoms with Gasteiger partial charge in [0, 0.05) is 31.5 Å². The topological polar surface area (TPSA) is 54.7 Å². The number of anilines is 2. The van der Waals surface area contributed by atoms with Crippen molar-refractivity contribution in [1.29, 1.82) is 0 Å². The first-order valence-corrected chi connectivity index (χ1v) is 10.5. The van der Waals surface area contributed by atoms with Crippen LogP contribution >= 0.6 is 12.2 Å². The molecule has 0 saturated carbocycles. The number of aromatic nitrogens is 2. The highest BCUT2D eigenvalue weighted by Crippen LogP contribution is 2.19. The predicted molar refractivity (Wildman–Crippen MR) is 122 cm³/mol. The van der Waals surface area contributed by atoms with E-state index in [-0.39, 0.29) is 12.5 Å². The van der Waals surface area contributed by atoms with E-state index in [1.54, 1.807) is 0 Å². The van der Waals surface area contributed by atoms with Crippen molar-refractivity contribution in [2.45, 2.75) is 6.67 Å². The maximum atomic E-state index is 12.5. The SMILES string of the molecule is CN(CC(=O)Nc1ccc(N2CCOCC2)cc1)Cn1c(=S)n(C)c2ccccc21. The largest absolute Gasteiger partial charge is 0.378 e. The lowest BCUT2D eigenvalue weighted by molar-refractivity contribution is -0.117. The summed E-state index contributed by atoms with van der Waals surface area (Å²) in [5, 5.41) is 2.98. The highest BCUT2D eigenvalue weighted by atomic mass is 32.1. The highest BCUT2D eigenvalue weighted by molar-refractivity contribution is 7.71.